The highest BCUT2D eigenvalue weighted by molar-refractivity contribution is 5.93. The number of aromatic nitrogens is 8. The Kier molecular flexibility index (Phi) is 15.6. The van der Waals surface area contributed by atoms with Gasteiger partial charge >= 0.3 is 0 Å². The fraction of sp³-hybridized carbons (Fsp3) is 0.0222. The Morgan fingerprint density at radius 2 is 0.480 bits per heavy atom. The summed E-state index contributed by atoms with van der Waals surface area (Å²) >= 11 is 0. The predicted octanol–water partition coefficient (Wildman–Crippen LogP) is 21.7. The zero-order valence-electron chi connectivity index (χ0n) is 53.3. The number of benzene rings is 12. The first kappa shape index (κ1) is 58.8. The second-order valence-electron chi connectivity index (χ2n) is 24.5. The van der Waals surface area contributed by atoms with Crippen molar-refractivity contribution in [2.24, 2.45) is 0 Å². The number of fused-ring (bicyclic) bond motifs is 6. The van der Waals surface area contributed by atoms with E-state index in [0.717, 1.165) is 85.3 Å². The average molecular weight is 1250 g/mol. The van der Waals surface area contributed by atoms with E-state index in [9.17, 15) is 0 Å². The number of hydrogen-bond acceptors (Lipinski definition) is 8. The van der Waals surface area contributed by atoms with Gasteiger partial charge in [0.2, 0.25) is 0 Å². The second-order valence-corrected chi connectivity index (χ2v) is 24.5. The van der Waals surface area contributed by atoms with Gasteiger partial charge in [0.05, 0.1) is 5.69 Å². The molecule has 2 aliphatic rings. The minimum Gasteiger partial charge on any atom is -0.264 e. The molecule has 4 heterocycles. The molecule has 8 nitrogen and oxygen atoms in total. The van der Waals surface area contributed by atoms with Crippen LogP contribution >= 0.6 is 0 Å². The quantitative estimate of drug-likeness (QED) is 0.119. The first-order valence-electron chi connectivity index (χ1n) is 33.0. The smallest absolute Gasteiger partial charge is 0.164 e. The fourth-order valence-electron chi connectivity index (χ4n) is 13.9. The topological polar surface area (TPSA) is 103 Å². The van der Waals surface area contributed by atoms with E-state index in [2.05, 4.69) is 187 Å². The first-order chi connectivity index (χ1) is 48.6. The zero-order chi connectivity index (χ0) is 65.1. The van der Waals surface area contributed by atoms with Crippen molar-refractivity contribution in [1.82, 2.24) is 39.9 Å². The SMILES string of the molecule is c1ccc(-c2cc(-c3nc(-c4ccccc4)nc(-c4ccccc4)n3)cc(-c3cccc4c3Cc3c(-c5cccnc5)cccc3-4)c2)cc1.c1ccc(-c2nc(-c3ccccc3)nc(-c3cc(-c4ccccn4)cc(-c4cccc5c4Cc4c(-c6ccccc6)cccc4-5)c3)n2)cc1. The monoisotopic (exact) mass is 1250 g/mol. The molecule has 12 aromatic carbocycles. The third-order valence-corrected chi connectivity index (χ3v) is 18.5. The van der Waals surface area contributed by atoms with Gasteiger partial charge < -0.3 is 0 Å². The van der Waals surface area contributed by atoms with E-state index in [4.69, 9.17) is 34.9 Å². The van der Waals surface area contributed by atoms with Gasteiger partial charge in [-0.1, -0.05) is 267 Å². The van der Waals surface area contributed by atoms with Crippen LogP contribution in [0, 0.1) is 0 Å². The van der Waals surface area contributed by atoms with Gasteiger partial charge in [-0.25, -0.2) is 29.9 Å². The van der Waals surface area contributed by atoms with Gasteiger partial charge in [-0.2, -0.15) is 0 Å². The Hall–Kier alpha value is -13.0. The van der Waals surface area contributed by atoms with Gasteiger partial charge in [0.1, 0.15) is 0 Å². The van der Waals surface area contributed by atoms with Crippen molar-refractivity contribution in [3.05, 3.63) is 362 Å². The summed E-state index contributed by atoms with van der Waals surface area (Å²) in [5.74, 6) is 3.83. The summed E-state index contributed by atoms with van der Waals surface area (Å²) < 4.78 is 0. The molecule has 0 atom stereocenters. The van der Waals surface area contributed by atoms with E-state index in [1.165, 1.54) is 72.3 Å². The molecule has 4 aromatic heterocycles. The Morgan fingerprint density at radius 3 is 0.857 bits per heavy atom. The van der Waals surface area contributed by atoms with Crippen LogP contribution in [0.5, 0.6) is 0 Å². The molecule has 98 heavy (non-hydrogen) atoms. The van der Waals surface area contributed by atoms with Gasteiger partial charge in [-0.15, -0.1) is 0 Å². The molecule has 0 amide bonds. The molecule has 8 heteroatoms. The summed E-state index contributed by atoms with van der Waals surface area (Å²) in [6, 6.07) is 112. The first-order valence-corrected chi connectivity index (χ1v) is 33.0. The Morgan fingerprint density at radius 1 is 0.184 bits per heavy atom. The molecular weight excluding hydrogens is 1190 g/mol. The van der Waals surface area contributed by atoms with E-state index >= 15 is 0 Å². The molecule has 0 N–H and O–H groups in total. The van der Waals surface area contributed by atoms with Crippen molar-refractivity contribution in [3.63, 3.8) is 0 Å². The van der Waals surface area contributed by atoms with E-state index in [1.54, 1.807) is 0 Å². The van der Waals surface area contributed by atoms with Crippen LogP contribution in [0.4, 0.5) is 0 Å². The van der Waals surface area contributed by atoms with Gasteiger partial charge in [0.25, 0.3) is 0 Å². The summed E-state index contributed by atoms with van der Waals surface area (Å²) in [5.41, 5.74) is 29.9. The molecule has 0 saturated carbocycles. The number of hydrogen-bond donors (Lipinski definition) is 0. The molecule has 0 bridgehead atoms. The van der Waals surface area contributed by atoms with Crippen LogP contribution in [0.15, 0.2) is 340 Å². The molecule has 0 fully saturated rings. The molecule has 0 saturated heterocycles. The van der Waals surface area contributed by atoms with Crippen LogP contribution in [0.2, 0.25) is 0 Å². The van der Waals surface area contributed by atoms with Crippen LogP contribution in [0.3, 0.4) is 0 Å². The summed E-state index contributed by atoms with van der Waals surface area (Å²) in [4.78, 5) is 39.4. The molecule has 16 aromatic rings. The van der Waals surface area contributed by atoms with Crippen molar-refractivity contribution < 1.29 is 0 Å². The average Bonchev–Trinajstić information content (AvgIpc) is 1.58. The van der Waals surface area contributed by atoms with Crippen molar-refractivity contribution in [3.8, 4) is 157 Å². The molecule has 0 unspecified atom stereocenters. The minimum atomic E-state index is 0.619. The van der Waals surface area contributed by atoms with E-state index < -0.39 is 0 Å². The molecule has 0 radical (unpaired) electrons. The Balaban J connectivity index is 0.000000147. The van der Waals surface area contributed by atoms with E-state index in [0.29, 0.717) is 34.9 Å². The zero-order valence-corrected chi connectivity index (χ0v) is 53.3. The molecular formula is C90H60N8. The highest BCUT2D eigenvalue weighted by Gasteiger charge is 2.28. The number of pyridine rings is 2. The van der Waals surface area contributed by atoms with Crippen LogP contribution in [0.1, 0.15) is 22.3 Å². The van der Waals surface area contributed by atoms with Crippen LogP contribution in [-0.4, -0.2) is 39.9 Å². The van der Waals surface area contributed by atoms with Crippen LogP contribution in [0.25, 0.3) is 157 Å². The van der Waals surface area contributed by atoms with Gasteiger partial charge in [-0.3, -0.25) is 9.97 Å². The standard InChI is InChI=1S/2C45H30N4/c1-4-13-30(14-5-1)34-25-35(38-21-11-23-40-39-22-10-20-37(41(39)28-42(38)40)33-19-12-24-46-29-33)27-36(26-34)45-48-43(31-15-6-2-7-16-31)47-44(49-45)32-17-8-3-9-18-32;1-4-14-30(15-5-1)36-20-12-22-38-39-23-13-21-37(41(39)29-40(36)38)33-26-34(42-24-10-11-25-46-42)28-35(27-33)45-48-43(31-16-6-2-7-17-31)47-44(49-45)32-18-8-3-9-19-32/h1-27,29H,28H2;1-28H,29H2. The molecule has 2 aliphatic carbocycles. The third kappa shape index (κ3) is 11.6. The third-order valence-electron chi connectivity index (χ3n) is 18.5. The van der Waals surface area contributed by atoms with Gasteiger partial charge in [0, 0.05) is 63.1 Å². The van der Waals surface area contributed by atoms with Crippen molar-refractivity contribution >= 4 is 0 Å². The normalized spacial score (nSPS) is 11.6. The highest BCUT2D eigenvalue weighted by atomic mass is 15.0. The maximum Gasteiger partial charge on any atom is 0.164 e. The largest absolute Gasteiger partial charge is 0.264 e. The molecule has 0 spiro atoms. The van der Waals surface area contributed by atoms with E-state index in [1.807, 2.05) is 158 Å². The highest BCUT2D eigenvalue weighted by Crippen LogP contribution is 2.48. The summed E-state index contributed by atoms with van der Waals surface area (Å²) in [7, 11) is 0. The van der Waals surface area contributed by atoms with Crippen molar-refractivity contribution in [2.75, 3.05) is 0 Å². The summed E-state index contributed by atoms with van der Waals surface area (Å²) in [5, 5.41) is 0. The predicted molar refractivity (Wildman–Crippen MR) is 397 cm³/mol. The van der Waals surface area contributed by atoms with Gasteiger partial charge in [-0.05, 0) is 162 Å². The maximum atomic E-state index is 5.09. The minimum absolute atomic E-state index is 0.619. The Bertz CT molecular complexity index is 5120. The van der Waals surface area contributed by atoms with Crippen LogP contribution < -0.4 is 0 Å². The lowest BCUT2D eigenvalue weighted by atomic mass is 9.91. The lowest BCUT2D eigenvalue weighted by Crippen LogP contribution is -2.01. The van der Waals surface area contributed by atoms with Gasteiger partial charge in [0.15, 0.2) is 34.9 Å². The molecule has 460 valence electrons. The Labute approximate surface area is 569 Å². The maximum absolute atomic E-state index is 5.09. The molecule has 18 rings (SSSR count). The molecule has 0 aliphatic heterocycles. The van der Waals surface area contributed by atoms with E-state index in [-0.39, 0.29) is 0 Å². The van der Waals surface area contributed by atoms with Crippen LogP contribution in [-0.2, 0) is 12.8 Å². The lowest BCUT2D eigenvalue weighted by molar-refractivity contribution is 1.07. The summed E-state index contributed by atoms with van der Waals surface area (Å²) in [6.45, 7) is 0. The summed E-state index contributed by atoms with van der Waals surface area (Å²) in [6.07, 6.45) is 7.33. The van der Waals surface area contributed by atoms with Crippen molar-refractivity contribution in [1.29, 1.82) is 0 Å². The number of nitrogens with zero attached hydrogens (tertiary/aromatic N) is 8. The second kappa shape index (κ2) is 26.0. The number of rotatable bonds is 12. The van der Waals surface area contributed by atoms with Crippen molar-refractivity contribution in [2.45, 2.75) is 12.8 Å². The lowest BCUT2D eigenvalue weighted by Gasteiger charge is -2.14. The fourth-order valence-corrected chi connectivity index (χ4v) is 13.9.